The quantitative estimate of drug-likeness (QED) is 0.600. The molecule has 0 aliphatic carbocycles. The minimum atomic E-state index is 0.620. The summed E-state index contributed by atoms with van der Waals surface area (Å²) in [6.45, 7) is 3.87. The van der Waals surface area contributed by atoms with Gasteiger partial charge in [-0.1, -0.05) is 12.5 Å². The highest BCUT2D eigenvalue weighted by atomic mass is 16.5. The van der Waals surface area contributed by atoms with E-state index in [1.165, 1.54) is 36.9 Å². The van der Waals surface area contributed by atoms with Crippen LogP contribution in [-0.2, 0) is 19.6 Å². The highest BCUT2D eigenvalue weighted by Gasteiger charge is 2.22. The van der Waals surface area contributed by atoms with E-state index in [-0.39, 0.29) is 0 Å². The smallest absolute Gasteiger partial charge is 0.123 e. The SMILES string of the molecule is COc1ccc(CN2CCCCC2CCn2cccn2)cc1Cn1cccn1. The van der Waals surface area contributed by atoms with Crippen LogP contribution >= 0.6 is 0 Å². The lowest BCUT2D eigenvalue weighted by Crippen LogP contribution is -2.39. The van der Waals surface area contributed by atoms with E-state index in [2.05, 4.69) is 39.5 Å². The molecular weight excluding hydrogens is 350 g/mol. The number of rotatable bonds is 8. The molecule has 1 aromatic carbocycles. The third kappa shape index (κ3) is 4.62. The van der Waals surface area contributed by atoms with Crippen LogP contribution < -0.4 is 4.74 Å². The maximum Gasteiger partial charge on any atom is 0.123 e. The van der Waals surface area contributed by atoms with Crippen molar-refractivity contribution in [3.63, 3.8) is 0 Å². The zero-order valence-electron chi connectivity index (χ0n) is 16.6. The summed E-state index contributed by atoms with van der Waals surface area (Å²) in [5, 5.41) is 8.69. The van der Waals surface area contributed by atoms with Crippen molar-refractivity contribution in [3.05, 3.63) is 66.2 Å². The van der Waals surface area contributed by atoms with E-state index >= 15 is 0 Å². The molecule has 0 spiro atoms. The molecule has 3 heterocycles. The van der Waals surface area contributed by atoms with Gasteiger partial charge in [0.2, 0.25) is 0 Å². The molecule has 0 N–H and O–H groups in total. The van der Waals surface area contributed by atoms with Gasteiger partial charge >= 0.3 is 0 Å². The van der Waals surface area contributed by atoms with Gasteiger partial charge < -0.3 is 4.74 Å². The number of hydrogen-bond donors (Lipinski definition) is 0. The Kier molecular flexibility index (Phi) is 6.07. The zero-order chi connectivity index (χ0) is 19.2. The van der Waals surface area contributed by atoms with E-state index in [1.54, 1.807) is 7.11 Å². The third-order valence-corrected chi connectivity index (χ3v) is 5.62. The van der Waals surface area contributed by atoms with Gasteiger partial charge in [-0.3, -0.25) is 14.3 Å². The minimum absolute atomic E-state index is 0.620. The first-order valence-corrected chi connectivity index (χ1v) is 10.2. The molecule has 0 amide bonds. The molecule has 28 heavy (non-hydrogen) atoms. The number of benzene rings is 1. The summed E-state index contributed by atoms with van der Waals surface area (Å²) >= 11 is 0. The fourth-order valence-electron chi connectivity index (χ4n) is 4.17. The van der Waals surface area contributed by atoms with Crippen LogP contribution in [0.1, 0.15) is 36.8 Å². The Morgan fingerprint density at radius 2 is 1.86 bits per heavy atom. The Balaban J connectivity index is 1.45. The number of ether oxygens (including phenoxy) is 1. The largest absolute Gasteiger partial charge is 0.496 e. The van der Waals surface area contributed by atoms with Gasteiger partial charge in [0.1, 0.15) is 5.75 Å². The molecule has 1 unspecified atom stereocenters. The maximum absolute atomic E-state index is 5.58. The van der Waals surface area contributed by atoms with Crippen molar-refractivity contribution >= 4 is 0 Å². The number of nitrogens with zero attached hydrogens (tertiary/aromatic N) is 5. The normalized spacial score (nSPS) is 17.7. The number of aromatic nitrogens is 4. The Morgan fingerprint density at radius 3 is 2.61 bits per heavy atom. The summed E-state index contributed by atoms with van der Waals surface area (Å²) in [5.41, 5.74) is 2.52. The molecule has 0 radical (unpaired) electrons. The van der Waals surface area contributed by atoms with Crippen molar-refractivity contribution in [2.24, 2.45) is 0 Å². The monoisotopic (exact) mass is 379 g/mol. The topological polar surface area (TPSA) is 48.1 Å². The number of aryl methyl sites for hydroxylation is 1. The van der Waals surface area contributed by atoms with Crippen LogP contribution in [0.25, 0.3) is 0 Å². The van der Waals surface area contributed by atoms with E-state index in [0.29, 0.717) is 6.04 Å². The molecular formula is C22H29N5O. The van der Waals surface area contributed by atoms with Crippen molar-refractivity contribution in [2.45, 2.75) is 51.4 Å². The first kappa shape index (κ1) is 18.7. The van der Waals surface area contributed by atoms with Crippen LogP contribution in [0, 0.1) is 0 Å². The van der Waals surface area contributed by atoms with E-state index in [9.17, 15) is 0 Å². The van der Waals surface area contributed by atoms with E-state index in [0.717, 1.165) is 31.8 Å². The van der Waals surface area contributed by atoms with Gasteiger partial charge in [0.25, 0.3) is 0 Å². The predicted octanol–water partition coefficient (Wildman–Crippen LogP) is 3.58. The average molecular weight is 380 g/mol. The van der Waals surface area contributed by atoms with Gasteiger partial charge in [0.05, 0.1) is 13.7 Å². The number of hydrogen-bond acceptors (Lipinski definition) is 4. The molecule has 2 aromatic heterocycles. The van der Waals surface area contributed by atoms with Gasteiger partial charge in [0.15, 0.2) is 0 Å². The molecule has 1 fully saturated rings. The molecule has 6 nitrogen and oxygen atoms in total. The van der Waals surface area contributed by atoms with Crippen LogP contribution in [0.4, 0.5) is 0 Å². The van der Waals surface area contributed by atoms with Gasteiger partial charge in [-0.15, -0.1) is 0 Å². The highest BCUT2D eigenvalue weighted by Crippen LogP contribution is 2.26. The fraction of sp³-hybridized carbons (Fsp3) is 0.455. The molecule has 148 valence electrons. The Bertz CT molecular complexity index is 844. The van der Waals surface area contributed by atoms with Crippen molar-refractivity contribution in [1.82, 2.24) is 24.5 Å². The van der Waals surface area contributed by atoms with Crippen LogP contribution in [-0.4, -0.2) is 44.2 Å². The van der Waals surface area contributed by atoms with Gasteiger partial charge in [-0.2, -0.15) is 10.2 Å². The first-order valence-electron chi connectivity index (χ1n) is 10.2. The zero-order valence-corrected chi connectivity index (χ0v) is 16.6. The molecule has 1 saturated heterocycles. The molecule has 1 aliphatic heterocycles. The average Bonchev–Trinajstić information content (AvgIpc) is 3.42. The van der Waals surface area contributed by atoms with Crippen LogP contribution in [0.3, 0.4) is 0 Å². The molecule has 1 aliphatic rings. The van der Waals surface area contributed by atoms with Crippen LogP contribution in [0.5, 0.6) is 5.75 Å². The summed E-state index contributed by atoms with van der Waals surface area (Å²) in [4.78, 5) is 2.65. The standard InChI is InChI=1S/C22H29N5O/c1-28-22-8-7-19(16-20(22)18-27-14-5-11-24-27)17-25-12-3-2-6-21(25)9-15-26-13-4-10-23-26/h4-5,7-8,10-11,13-14,16,21H,2-3,6,9,12,15,17-18H2,1H3. The second-order valence-electron chi connectivity index (χ2n) is 7.53. The third-order valence-electron chi connectivity index (χ3n) is 5.62. The lowest BCUT2D eigenvalue weighted by Gasteiger charge is -2.36. The first-order chi connectivity index (χ1) is 13.8. The Morgan fingerprint density at radius 1 is 1.04 bits per heavy atom. The Labute approximate surface area is 166 Å². The number of likely N-dealkylation sites (tertiary alicyclic amines) is 1. The fourth-order valence-corrected chi connectivity index (χ4v) is 4.17. The highest BCUT2D eigenvalue weighted by molar-refractivity contribution is 5.37. The summed E-state index contributed by atoms with van der Waals surface area (Å²) in [5.74, 6) is 0.924. The van der Waals surface area contributed by atoms with E-state index < -0.39 is 0 Å². The molecule has 0 bridgehead atoms. The second-order valence-corrected chi connectivity index (χ2v) is 7.53. The van der Waals surface area contributed by atoms with Gasteiger partial charge in [-0.05, 0) is 55.6 Å². The van der Waals surface area contributed by atoms with Crippen molar-refractivity contribution in [1.29, 1.82) is 0 Å². The summed E-state index contributed by atoms with van der Waals surface area (Å²) in [6.07, 6.45) is 12.8. The molecule has 6 heteroatoms. The predicted molar refractivity (Wildman–Crippen MR) is 109 cm³/mol. The summed E-state index contributed by atoms with van der Waals surface area (Å²) in [7, 11) is 1.73. The summed E-state index contributed by atoms with van der Waals surface area (Å²) in [6, 6.07) is 11.1. The lowest BCUT2D eigenvalue weighted by atomic mass is 9.98. The Hall–Kier alpha value is -2.60. The minimum Gasteiger partial charge on any atom is -0.496 e. The molecule has 1 atom stereocenters. The van der Waals surface area contributed by atoms with Crippen molar-refractivity contribution in [2.75, 3.05) is 13.7 Å². The molecule has 0 saturated carbocycles. The van der Waals surface area contributed by atoms with Gasteiger partial charge in [0, 0.05) is 49.5 Å². The van der Waals surface area contributed by atoms with Crippen molar-refractivity contribution < 1.29 is 4.74 Å². The van der Waals surface area contributed by atoms with E-state index in [4.69, 9.17) is 4.74 Å². The molecule has 3 aromatic rings. The van der Waals surface area contributed by atoms with Gasteiger partial charge in [-0.25, -0.2) is 0 Å². The van der Waals surface area contributed by atoms with Crippen LogP contribution in [0.15, 0.2) is 55.1 Å². The molecule has 4 rings (SSSR count). The lowest BCUT2D eigenvalue weighted by molar-refractivity contribution is 0.127. The second kappa shape index (κ2) is 9.06. The van der Waals surface area contributed by atoms with E-state index in [1.807, 2.05) is 40.1 Å². The number of methoxy groups -OCH3 is 1. The summed E-state index contributed by atoms with van der Waals surface area (Å²) < 4.78 is 9.56. The van der Waals surface area contributed by atoms with Crippen molar-refractivity contribution in [3.8, 4) is 5.75 Å². The maximum atomic E-state index is 5.58. The van der Waals surface area contributed by atoms with Crippen LogP contribution in [0.2, 0.25) is 0 Å². The number of piperidine rings is 1.